The molecule has 1 saturated heterocycles. The van der Waals surface area contributed by atoms with Crippen molar-refractivity contribution in [3.05, 3.63) is 5.01 Å². The van der Waals surface area contributed by atoms with Crippen LogP contribution in [0.3, 0.4) is 0 Å². The summed E-state index contributed by atoms with van der Waals surface area (Å²) in [5.74, 6) is -0.734. The van der Waals surface area contributed by atoms with E-state index in [2.05, 4.69) is 20.8 Å². The van der Waals surface area contributed by atoms with E-state index in [9.17, 15) is 14.4 Å². The summed E-state index contributed by atoms with van der Waals surface area (Å²) in [5, 5.41) is 15.0. The maximum Gasteiger partial charge on any atom is 0.233 e. The molecule has 1 aromatic heterocycles. The van der Waals surface area contributed by atoms with Gasteiger partial charge in [-0.05, 0) is 38.6 Å². The molecule has 2 aliphatic rings. The average Bonchev–Trinajstić information content (AvgIpc) is 3.38. The lowest BCUT2D eigenvalue weighted by atomic mass is 9.97. The second kappa shape index (κ2) is 8.68. The Kier molecular flexibility index (Phi) is 6.31. The van der Waals surface area contributed by atoms with Gasteiger partial charge < -0.3 is 10.6 Å². The number of amides is 3. The molecule has 3 rings (SSSR count). The van der Waals surface area contributed by atoms with Gasteiger partial charge in [-0.25, -0.2) is 0 Å². The lowest BCUT2D eigenvalue weighted by Crippen LogP contribution is -2.46. The van der Waals surface area contributed by atoms with Crippen LogP contribution in [0.5, 0.6) is 0 Å². The maximum absolute atomic E-state index is 12.7. The Morgan fingerprint density at radius 3 is 2.65 bits per heavy atom. The first-order valence-electron chi connectivity index (χ1n) is 9.27. The van der Waals surface area contributed by atoms with Gasteiger partial charge in [-0.1, -0.05) is 18.3 Å². The fourth-order valence-electron chi connectivity index (χ4n) is 3.07. The Labute approximate surface area is 156 Å². The van der Waals surface area contributed by atoms with Crippen molar-refractivity contribution >= 4 is 34.2 Å². The minimum Gasteiger partial charge on any atom is -0.316 e. The lowest BCUT2D eigenvalue weighted by molar-refractivity contribution is -0.149. The van der Waals surface area contributed by atoms with Crippen LogP contribution >= 0.6 is 11.3 Å². The monoisotopic (exact) mass is 379 g/mol. The summed E-state index contributed by atoms with van der Waals surface area (Å²) < 4.78 is 0. The summed E-state index contributed by atoms with van der Waals surface area (Å²) in [4.78, 5) is 38.8. The van der Waals surface area contributed by atoms with Crippen LogP contribution in [-0.2, 0) is 20.8 Å². The first kappa shape index (κ1) is 18.9. The minimum absolute atomic E-state index is 0.0234. The normalized spacial score (nSPS) is 19.8. The third kappa shape index (κ3) is 4.85. The standard InChI is InChI=1S/C17H25N5O3S/c1-2-14-20-21-17(26-14)19-13(23)7-8-15(24)22(12-5-6-12)16(25)11-4-3-9-18-10-11/h11-12,18H,2-10H2,1H3,(H,19,21,23). The Morgan fingerprint density at radius 1 is 1.23 bits per heavy atom. The average molecular weight is 379 g/mol. The molecule has 0 aromatic carbocycles. The molecule has 142 valence electrons. The van der Waals surface area contributed by atoms with E-state index < -0.39 is 0 Å². The Hall–Kier alpha value is -1.87. The number of piperidine rings is 1. The van der Waals surface area contributed by atoms with Crippen molar-refractivity contribution in [3.8, 4) is 0 Å². The van der Waals surface area contributed by atoms with Crippen molar-refractivity contribution in [2.45, 2.75) is 57.9 Å². The number of carbonyl (C=O) groups is 3. The summed E-state index contributed by atoms with van der Waals surface area (Å²) in [6.45, 7) is 3.52. The van der Waals surface area contributed by atoms with Gasteiger partial charge in [-0.3, -0.25) is 19.3 Å². The number of hydrogen-bond acceptors (Lipinski definition) is 7. The number of hydrogen-bond donors (Lipinski definition) is 2. The summed E-state index contributed by atoms with van der Waals surface area (Å²) in [5.41, 5.74) is 0. The fraction of sp³-hybridized carbons (Fsp3) is 0.706. The summed E-state index contributed by atoms with van der Waals surface area (Å²) in [6.07, 6.45) is 4.35. The zero-order valence-electron chi connectivity index (χ0n) is 15.0. The topological polar surface area (TPSA) is 104 Å². The SMILES string of the molecule is CCc1nnc(NC(=O)CCC(=O)N(C(=O)C2CCCNC2)C2CC2)s1. The molecule has 0 radical (unpaired) electrons. The van der Waals surface area contributed by atoms with Crippen LogP contribution < -0.4 is 10.6 Å². The van der Waals surface area contributed by atoms with E-state index in [4.69, 9.17) is 0 Å². The largest absolute Gasteiger partial charge is 0.316 e. The van der Waals surface area contributed by atoms with Crippen molar-refractivity contribution in [2.24, 2.45) is 5.92 Å². The molecule has 1 atom stereocenters. The van der Waals surface area contributed by atoms with Gasteiger partial charge in [0.2, 0.25) is 22.9 Å². The van der Waals surface area contributed by atoms with Crippen LogP contribution in [0.25, 0.3) is 0 Å². The van der Waals surface area contributed by atoms with Crippen LogP contribution in [0.15, 0.2) is 0 Å². The van der Waals surface area contributed by atoms with Crippen molar-refractivity contribution in [1.82, 2.24) is 20.4 Å². The van der Waals surface area contributed by atoms with E-state index in [0.717, 1.165) is 43.7 Å². The van der Waals surface area contributed by atoms with Crippen LogP contribution in [0, 0.1) is 5.92 Å². The lowest BCUT2D eigenvalue weighted by Gasteiger charge is -2.28. The molecule has 1 aliphatic heterocycles. The zero-order chi connectivity index (χ0) is 18.5. The number of nitrogens with zero attached hydrogens (tertiary/aromatic N) is 3. The summed E-state index contributed by atoms with van der Waals surface area (Å²) in [6, 6.07) is 0.0234. The fourth-order valence-corrected chi connectivity index (χ4v) is 3.76. The highest BCUT2D eigenvalue weighted by Crippen LogP contribution is 2.30. The first-order chi connectivity index (χ1) is 12.6. The molecule has 8 nitrogen and oxygen atoms in total. The van der Waals surface area contributed by atoms with Crippen LogP contribution in [0.2, 0.25) is 0 Å². The molecule has 1 unspecified atom stereocenters. The van der Waals surface area contributed by atoms with Crippen LogP contribution in [0.4, 0.5) is 5.13 Å². The van der Waals surface area contributed by atoms with Gasteiger partial charge >= 0.3 is 0 Å². The highest BCUT2D eigenvalue weighted by atomic mass is 32.1. The number of aryl methyl sites for hydroxylation is 1. The number of carbonyl (C=O) groups excluding carboxylic acids is 3. The predicted octanol–water partition coefficient (Wildman–Crippen LogP) is 1.34. The molecular formula is C17H25N5O3S. The molecule has 1 saturated carbocycles. The highest BCUT2D eigenvalue weighted by Gasteiger charge is 2.39. The Balaban J connectivity index is 1.51. The van der Waals surface area contributed by atoms with Gasteiger partial charge in [0, 0.05) is 25.4 Å². The third-order valence-corrected chi connectivity index (χ3v) is 5.63. The molecule has 26 heavy (non-hydrogen) atoms. The molecule has 9 heteroatoms. The first-order valence-corrected chi connectivity index (χ1v) is 10.1. The predicted molar refractivity (Wildman–Crippen MR) is 97.6 cm³/mol. The van der Waals surface area contributed by atoms with Crippen molar-refractivity contribution < 1.29 is 14.4 Å². The minimum atomic E-state index is -0.278. The molecule has 2 heterocycles. The maximum atomic E-state index is 12.7. The Bertz CT molecular complexity index is 667. The molecule has 1 aliphatic carbocycles. The van der Waals surface area contributed by atoms with Gasteiger partial charge in [0.25, 0.3) is 0 Å². The van der Waals surface area contributed by atoms with Gasteiger partial charge in [0.1, 0.15) is 5.01 Å². The molecule has 1 aromatic rings. The van der Waals surface area contributed by atoms with Crippen LogP contribution in [-0.4, -0.2) is 52.0 Å². The van der Waals surface area contributed by atoms with E-state index >= 15 is 0 Å². The number of imide groups is 1. The van der Waals surface area contributed by atoms with Crippen LogP contribution in [0.1, 0.15) is 50.5 Å². The van der Waals surface area contributed by atoms with E-state index in [0.29, 0.717) is 11.7 Å². The highest BCUT2D eigenvalue weighted by molar-refractivity contribution is 7.15. The van der Waals surface area contributed by atoms with E-state index in [1.807, 2.05) is 6.92 Å². The zero-order valence-corrected chi connectivity index (χ0v) is 15.8. The number of anilines is 1. The molecular weight excluding hydrogens is 354 g/mol. The molecule has 2 N–H and O–H groups in total. The van der Waals surface area contributed by atoms with Gasteiger partial charge in [-0.15, -0.1) is 10.2 Å². The molecule has 2 fully saturated rings. The molecule has 0 spiro atoms. The van der Waals surface area contributed by atoms with Crippen molar-refractivity contribution in [3.63, 3.8) is 0 Å². The van der Waals surface area contributed by atoms with Crippen molar-refractivity contribution in [2.75, 3.05) is 18.4 Å². The molecule has 3 amide bonds. The van der Waals surface area contributed by atoms with Gasteiger partial charge in [0.15, 0.2) is 0 Å². The van der Waals surface area contributed by atoms with Crippen molar-refractivity contribution in [1.29, 1.82) is 0 Å². The number of aromatic nitrogens is 2. The van der Waals surface area contributed by atoms with Gasteiger partial charge in [-0.2, -0.15) is 0 Å². The second-order valence-electron chi connectivity index (χ2n) is 6.78. The molecule has 0 bridgehead atoms. The summed E-state index contributed by atoms with van der Waals surface area (Å²) >= 11 is 1.33. The second-order valence-corrected chi connectivity index (χ2v) is 7.84. The van der Waals surface area contributed by atoms with E-state index in [-0.39, 0.29) is 42.5 Å². The summed E-state index contributed by atoms with van der Waals surface area (Å²) in [7, 11) is 0. The smallest absolute Gasteiger partial charge is 0.233 e. The number of nitrogens with one attached hydrogen (secondary N) is 2. The Morgan fingerprint density at radius 2 is 2.04 bits per heavy atom. The number of rotatable bonds is 7. The third-order valence-electron chi connectivity index (χ3n) is 4.65. The van der Waals surface area contributed by atoms with E-state index in [1.54, 1.807) is 0 Å². The van der Waals surface area contributed by atoms with E-state index in [1.165, 1.54) is 16.2 Å². The quantitative estimate of drug-likeness (QED) is 0.741. The van der Waals surface area contributed by atoms with Gasteiger partial charge in [0.05, 0.1) is 5.92 Å².